The number of ether oxygens (including phenoxy) is 2. The van der Waals surface area contributed by atoms with Crippen LogP contribution in [0.15, 0.2) is 67.0 Å². The zero-order chi connectivity index (χ0) is 27.9. The average molecular weight is 535 g/mol. The molecule has 2 aromatic carbocycles. The van der Waals surface area contributed by atoms with Crippen molar-refractivity contribution in [2.75, 3.05) is 19.0 Å². The molecule has 0 aliphatic rings. The molecular formula is C28H24F2N4O5. The molecule has 200 valence electrons. The summed E-state index contributed by atoms with van der Waals surface area (Å²) in [6.07, 6.45) is 2.97. The van der Waals surface area contributed by atoms with Crippen molar-refractivity contribution in [1.29, 1.82) is 0 Å². The second-order valence-corrected chi connectivity index (χ2v) is 8.45. The maximum Gasteiger partial charge on any atom is 0.307 e. The van der Waals surface area contributed by atoms with Gasteiger partial charge in [0.1, 0.15) is 11.6 Å². The molecule has 4 rings (SSSR count). The van der Waals surface area contributed by atoms with Crippen molar-refractivity contribution in [2.24, 2.45) is 0 Å². The zero-order valence-electron chi connectivity index (χ0n) is 21.0. The van der Waals surface area contributed by atoms with Gasteiger partial charge < -0.3 is 25.1 Å². The molecule has 0 aliphatic carbocycles. The Morgan fingerprint density at radius 2 is 1.74 bits per heavy atom. The highest BCUT2D eigenvalue weighted by Gasteiger charge is 2.15. The Morgan fingerprint density at radius 3 is 2.54 bits per heavy atom. The van der Waals surface area contributed by atoms with Gasteiger partial charge in [0.25, 0.3) is 11.8 Å². The van der Waals surface area contributed by atoms with Gasteiger partial charge in [-0.2, -0.15) is 0 Å². The van der Waals surface area contributed by atoms with Gasteiger partial charge in [-0.25, -0.2) is 8.78 Å². The molecular weight excluding hydrogens is 510 g/mol. The largest absolute Gasteiger partial charge is 0.469 e. The van der Waals surface area contributed by atoms with Gasteiger partial charge in [0.15, 0.2) is 11.6 Å². The van der Waals surface area contributed by atoms with Gasteiger partial charge >= 0.3 is 5.97 Å². The fraction of sp³-hybridized carbons (Fsp3) is 0.143. The number of esters is 1. The lowest BCUT2D eigenvalue weighted by molar-refractivity contribution is -0.140. The first-order valence-corrected chi connectivity index (χ1v) is 11.8. The van der Waals surface area contributed by atoms with E-state index < -0.39 is 29.4 Å². The Kier molecular flexibility index (Phi) is 8.30. The Labute approximate surface area is 222 Å². The second-order valence-electron chi connectivity index (χ2n) is 8.45. The SMILES string of the molecule is COC(=O)CCNC(=O)c1c[nH]c(-c2cc(Oc3cc(C(=O)Nc4cc(C)ccc4F)ccc3F)ccn2)c1. The fourth-order valence-electron chi connectivity index (χ4n) is 3.56. The number of pyridine rings is 1. The molecule has 0 bridgehead atoms. The van der Waals surface area contributed by atoms with Crippen LogP contribution in [0, 0.1) is 18.6 Å². The normalized spacial score (nSPS) is 10.6. The molecule has 0 saturated carbocycles. The molecule has 0 radical (unpaired) electrons. The number of aromatic amines is 1. The predicted molar refractivity (Wildman–Crippen MR) is 139 cm³/mol. The lowest BCUT2D eigenvalue weighted by atomic mass is 10.1. The summed E-state index contributed by atoms with van der Waals surface area (Å²) in [5.74, 6) is -2.77. The van der Waals surface area contributed by atoms with Crippen LogP contribution in [-0.4, -0.2) is 41.4 Å². The number of rotatable bonds is 9. The monoisotopic (exact) mass is 534 g/mol. The Balaban J connectivity index is 1.46. The van der Waals surface area contributed by atoms with Crippen LogP contribution < -0.4 is 15.4 Å². The number of benzene rings is 2. The number of hydrogen-bond acceptors (Lipinski definition) is 6. The molecule has 0 saturated heterocycles. The highest BCUT2D eigenvalue weighted by molar-refractivity contribution is 6.04. The Morgan fingerprint density at radius 1 is 0.949 bits per heavy atom. The first-order valence-electron chi connectivity index (χ1n) is 11.8. The van der Waals surface area contributed by atoms with E-state index in [4.69, 9.17) is 4.74 Å². The number of carbonyl (C=O) groups excluding carboxylic acids is 3. The van der Waals surface area contributed by atoms with Crippen LogP contribution in [0.4, 0.5) is 14.5 Å². The number of H-pyrrole nitrogens is 1. The molecule has 4 aromatic rings. The van der Waals surface area contributed by atoms with Gasteiger partial charge in [-0.3, -0.25) is 19.4 Å². The number of anilines is 1. The minimum absolute atomic E-state index is 0.00744. The topological polar surface area (TPSA) is 122 Å². The van der Waals surface area contributed by atoms with E-state index in [1.807, 2.05) is 0 Å². The van der Waals surface area contributed by atoms with Crippen molar-refractivity contribution in [3.63, 3.8) is 0 Å². The molecule has 0 unspecified atom stereocenters. The van der Waals surface area contributed by atoms with E-state index in [-0.39, 0.29) is 35.7 Å². The van der Waals surface area contributed by atoms with Crippen LogP contribution in [-0.2, 0) is 9.53 Å². The third-order valence-corrected chi connectivity index (χ3v) is 5.59. The highest BCUT2D eigenvalue weighted by atomic mass is 19.1. The van der Waals surface area contributed by atoms with Gasteiger partial charge in [-0.1, -0.05) is 6.07 Å². The smallest absolute Gasteiger partial charge is 0.307 e. The summed E-state index contributed by atoms with van der Waals surface area (Å²) in [4.78, 5) is 43.4. The third kappa shape index (κ3) is 6.83. The molecule has 2 amide bonds. The molecule has 2 aromatic heterocycles. The summed E-state index contributed by atoms with van der Waals surface area (Å²) in [5.41, 5.74) is 2.05. The van der Waals surface area contributed by atoms with Crippen molar-refractivity contribution in [3.05, 3.63) is 95.3 Å². The first kappa shape index (κ1) is 27.0. The van der Waals surface area contributed by atoms with Crippen LogP contribution in [0.3, 0.4) is 0 Å². The Hall–Kier alpha value is -5.06. The van der Waals surface area contributed by atoms with Gasteiger partial charge in [0.05, 0.1) is 36.2 Å². The number of carbonyl (C=O) groups is 3. The summed E-state index contributed by atoms with van der Waals surface area (Å²) in [5, 5.41) is 5.09. The summed E-state index contributed by atoms with van der Waals surface area (Å²) in [6.45, 7) is 1.88. The van der Waals surface area contributed by atoms with Crippen LogP contribution in [0.25, 0.3) is 11.4 Å². The van der Waals surface area contributed by atoms with E-state index in [1.165, 1.54) is 55.9 Å². The second kappa shape index (κ2) is 12.0. The van der Waals surface area contributed by atoms with E-state index in [0.29, 0.717) is 17.0 Å². The molecule has 11 heteroatoms. The third-order valence-electron chi connectivity index (χ3n) is 5.59. The highest BCUT2D eigenvalue weighted by Crippen LogP contribution is 2.29. The first-order chi connectivity index (χ1) is 18.7. The van der Waals surface area contributed by atoms with Crippen molar-refractivity contribution >= 4 is 23.5 Å². The van der Waals surface area contributed by atoms with E-state index in [2.05, 4.69) is 25.3 Å². The quantitative estimate of drug-likeness (QED) is 0.260. The minimum Gasteiger partial charge on any atom is -0.469 e. The number of nitrogens with zero attached hydrogens (tertiary/aromatic N) is 1. The van der Waals surface area contributed by atoms with E-state index in [0.717, 1.165) is 11.6 Å². The van der Waals surface area contributed by atoms with Crippen molar-refractivity contribution in [1.82, 2.24) is 15.3 Å². The van der Waals surface area contributed by atoms with E-state index >= 15 is 0 Å². The standard InChI is InChI=1S/C28H24F2N4O5/c1-16-3-5-20(29)22(11-16)34-28(37)17-4-6-21(30)25(13-17)39-19-7-9-31-24(14-19)23-12-18(15-33-23)27(36)32-10-8-26(35)38-2/h3-7,9,11-15,33H,8,10H2,1-2H3,(H,32,36)(H,34,37). The molecule has 39 heavy (non-hydrogen) atoms. The summed E-state index contributed by atoms with van der Waals surface area (Å²) < 4.78 is 38.8. The van der Waals surface area contributed by atoms with Crippen LogP contribution in [0.2, 0.25) is 0 Å². The summed E-state index contributed by atoms with van der Waals surface area (Å²) >= 11 is 0. The number of halogens is 2. The molecule has 2 heterocycles. The number of aromatic nitrogens is 2. The minimum atomic E-state index is -0.711. The van der Waals surface area contributed by atoms with Crippen LogP contribution in [0.5, 0.6) is 11.5 Å². The van der Waals surface area contributed by atoms with E-state index in [1.54, 1.807) is 19.1 Å². The summed E-state index contributed by atoms with van der Waals surface area (Å²) in [6, 6.07) is 12.5. The average Bonchev–Trinajstić information content (AvgIpc) is 3.42. The van der Waals surface area contributed by atoms with Crippen molar-refractivity contribution in [2.45, 2.75) is 13.3 Å². The number of amides is 2. The number of nitrogens with one attached hydrogen (secondary N) is 3. The van der Waals surface area contributed by atoms with Gasteiger partial charge in [0, 0.05) is 30.6 Å². The molecule has 0 spiro atoms. The number of aryl methyl sites for hydroxylation is 1. The number of hydrogen-bond donors (Lipinski definition) is 3. The molecule has 9 nitrogen and oxygen atoms in total. The van der Waals surface area contributed by atoms with Gasteiger partial charge in [-0.15, -0.1) is 0 Å². The van der Waals surface area contributed by atoms with Crippen LogP contribution >= 0.6 is 0 Å². The molecule has 0 atom stereocenters. The van der Waals surface area contributed by atoms with E-state index in [9.17, 15) is 23.2 Å². The van der Waals surface area contributed by atoms with Crippen molar-refractivity contribution in [3.8, 4) is 22.9 Å². The zero-order valence-corrected chi connectivity index (χ0v) is 21.0. The fourth-order valence-corrected chi connectivity index (χ4v) is 3.56. The predicted octanol–water partition coefficient (Wildman–Crippen LogP) is 5.00. The van der Waals surface area contributed by atoms with Crippen molar-refractivity contribution < 1.29 is 32.6 Å². The van der Waals surface area contributed by atoms with Crippen LogP contribution in [0.1, 0.15) is 32.7 Å². The molecule has 3 N–H and O–H groups in total. The Bertz CT molecular complexity index is 1540. The maximum absolute atomic E-state index is 14.5. The summed E-state index contributed by atoms with van der Waals surface area (Å²) in [7, 11) is 1.27. The lowest BCUT2D eigenvalue weighted by Crippen LogP contribution is -2.25. The molecule has 0 aliphatic heterocycles. The molecule has 0 fully saturated rings. The van der Waals surface area contributed by atoms with Gasteiger partial charge in [0.2, 0.25) is 0 Å². The number of methoxy groups -OCH3 is 1. The van der Waals surface area contributed by atoms with Gasteiger partial charge in [-0.05, 0) is 55.0 Å². The lowest BCUT2D eigenvalue weighted by Gasteiger charge is -2.11. The maximum atomic E-state index is 14.5.